The molecule has 1 saturated heterocycles. The van der Waals surface area contributed by atoms with Gasteiger partial charge in [-0.15, -0.1) is 0 Å². The van der Waals surface area contributed by atoms with E-state index in [4.69, 9.17) is 0 Å². The first-order valence-corrected chi connectivity index (χ1v) is 6.29. The van der Waals surface area contributed by atoms with Crippen LogP contribution in [0.5, 0.6) is 0 Å². The van der Waals surface area contributed by atoms with E-state index in [9.17, 15) is 14.0 Å². The van der Waals surface area contributed by atoms with E-state index >= 15 is 0 Å². The highest BCUT2D eigenvalue weighted by atomic mass is 19.1. The summed E-state index contributed by atoms with van der Waals surface area (Å²) in [5.74, 6) is -0.472. The van der Waals surface area contributed by atoms with Gasteiger partial charge < -0.3 is 10.6 Å². The quantitative estimate of drug-likeness (QED) is 0.852. The monoisotopic (exact) mass is 264 g/mol. The number of hydrogen-bond donors (Lipinski definition) is 2. The molecular formula is C14H17FN2O2. The van der Waals surface area contributed by atoms with Gasteiger partial charge in [-0.3, -0.25) is 9.59 Å². The second kappa shape index (κ2) is 5.38. The van der Waals surface area contributed by atoms with Gasteiger partial charge in [-0.1, -0.05) is 12.1 Å². The van der Waals surface area contributed by atoms with Gasteiger partial charge in [-0.25, -0.2) is 4.39 Å². The number of carbonyl (C=O) groups is 2. The summed E-state index contributed by atoms with van der Waals surface area (Å²) >= 11 is 0. The number of nitrogens with one attached hydrogen (secondary N) is 2. The number of halogens is 1. The Morgan fingerprint density at radius 2 is 2.11 bits per heavy atom. The fourth-order valence-corrected chi connectivity index (χ4v) is 2.12. The minimum absolute atomic E-state index is 0.0869. The van der Waals surface area contributed by atoms with Crippen molar-refractivity contribution in [1.29, 1.82) is 0 Å². The van der Waals surface area contributed by atoms with Crippen LogP contribution in [-0.2, 0) is 16.0 Å². The fraction of sp³-hybridized carbons (Fsp3) is 0.429. The van der Waals surface area contributed by atoms with Crippen molar-refractivity contribution >= 4 is 11.8 Å². The Balaban J connectivity index is 1.81. The molecule has 1 aromatic rings. The van der Waals surface area contributed by atoms with Crippen molar-refractivity contribution in [3.05, 3.63) is 35.6 Å². The summed E-state index contributed by atoms with van der Waals surface area (Å²) in [5, 5.41) is 5.49. The summed E-state index contributed by atoms with van der Waals surface area (Å²) in [6.07, 6.45) is 0.874. The molecule has 1 fully saturated rings. The molecular weight excluding hydrogens is 247 g/mol. The average Bonchev–Trinajstić information content (AvgIpc) is 2.73. The lowest BCUT2D eigenvalue weighted by Gasteiger charge is -2.20. The third-order valence-electron chi connectivity index (χ3n) is 3.39. The topological polar surface area (TPSA) is 58.2 Å². The highest BCUT2D eigenvalue weighted by molar-refractivity contribution is 5.92. The largest absolute Gasteiger partial charge is 0.355 e. The maximum absolute atomic E-state index is 12.7. The molecule has 2 amide bonds. The molecule has 0 aromatic heterocycles. The Hall–Kier alpha value is -1.91. The van der Waals surface area contributed by atoms with Crippen LogP contribution in [0.1, 0.15) is 18.9 Å². The van der Waals surface area contributed by atoms with E-state index in [2.05, 4.69) is 10.6 Å². The van der Waals surface area contributed by atoms with Crippen molar-refractivity contribution in [2.45, 2.75) is 19.8 Å². The first kappa shape index (κ1) is 13.5. The zero-order valence-electron chi connectivity index (χ0n) is 10.8. The van der Waals surface area contributed by atoms with Gasteiger partial charge in [0.05, 0.1) is 5.41 Å². The van der Waals surface area contributed by atoms with Gasteiger partial charge in [0, 0.05) is 19.5 Å². The molecule has 1 aliphatic heterocycles. The molecule has 1 aliphatic rings. The molecule has 1 aromatic carbocycles. The van der Waals surface area contributed by atoms with Gasteiger partial charge in [0.15, 0.2) is 0 Å². The number of carbonyl (C=O) groups excluding carboxylic acids is 2. The van der Waals surface area contributed by atoms with Gasteiger partial charge in [0.2, 0.25) is 11.8 Å². The van der Waals surface area contributed by atoms with E-state index in [-0.39, 0.29) is 24.1 Å². The van der Waals surface area contributed by atoms with Crippen LogP contribution in [-0.4, -0.2) is 24.9 Å². The van der Waals surface area contributed by atoms with Crippen molar-refractivity contribution in [1.82, 2.24) is 10.6 Å². The second-order valence-electron chi connectivity index (χ2n) is 5.15. The van der Waals surface area contributed by atoms with E-state index < -0.39 is 5.41 Å². The maximum atomic E-state index is 12.7. The van der Waals surface area contributed by atoms with E-state index in [1.165, 1.54) is 12.1 Å². The molecule has 2 rings (SSSR count). The standard InChI is InChI=1S/C14H17FN2O2/c1-14(8-12(18)17-9-14)13(19)16-7-6-10-2-4-11(15)5-3-10/h2-5H,6-9H2,1H3,(H,16,19)(H,17,18). The summed E-state index contributed by atoms with van der Waals surface area (Å²) in [6.45, 7) is 2.64. The predicted molar refractivity (Wildman–Crippen MR) is 68.8 cm³/mol. The van der Waals surface area contributed by atoms with Crippen LogP contribution < -0.4 is 10.6 Å². The Bertz CT molecular complexity index is 487. The maximum Gasteiger partial charge on any atom is 0.228 e. The molecule has 0 saturated carbocycles. The number of amides is 2. The molecule has 1 heterocycles. The van der Waals surface area contributed by atoms with Crippen molar-refractivity contribution < 1.29 is 14.0 Å². The molecule has 1 atom stereocenters. The minimum Gasteiger partial charge on any atom is -0.355 e. The van der Waals surface area contributed by atoms with Crippen LogP contribution >= 0.6 is 0 Å². The molecule has 102 valence electrons. The molecule has 1 unspecified atom stereocenters. The van der Waals surface area contributed by atoms with Crippen molar-refractivity contribution in [2.75, 3.05) is 13.1 Å². The SMILES string of the molecule is CC1(C(=O)NCCc2ccc(F)cc2)CNC(=O)C1. The third kappa shape index (κ3) is 3.30. The van der Waals surface area contributed by atoms with E-state index in [0.717, 1.165) is 5.56 Å². The highest BCUT2D eigenvalue weighted by Crippen LogP contribution is 2.25. The Labute approximate surface area is 111 Å². The molecule has 5 heteroatoms. The molecule has 0 aliphatic carbocycles. The number of hydrogen-bond acceptors (Lipinski definition) is 2. The Kier molecular flexibility index (Phi) is 3.83. The smallest absolute Gasteiger partial charge is 0.228 e. The van der Waals surface area contributed by atoms with Crippen LogP contribution in [0.4, 0.5) is 4.39 Å². The van der Waals surface area contributed by atoms with Gasteiger partial charge in [0.25, 0.3) is 0 Å². The fourth-order valence-electron chi connectivity index (χ4n) is 2.12. The Morgan fingerprint density at radius 1 is 1.42 bits per heavy atom. The van der Waals surface area contributed by atoms with E-state index in [1.807, 2.05) is 0 Å². The second-order valence-corrected chi connectivity index (χ2v) is 5.15. The van der Waals surface area contributed by atoms with Crippen LogP contribution in [0, 0.1) is 11.2 Å². The first-order valence-electron chi connectivity index (χ1n) is 6.29. The van der Waals surface area contributed by atoms with Crippen molar-refractivity contribution in [2.24, 2.45) is 5.41 Å². The van der Waals surface area contributed by atoms with Crippen LogP contribution in [0.3, 0.4) is 0 Å². The minimum atomic E-state index is -0.653. The predicted octanol–water partition coefficient (Wildman–Crippen LogP) is 1.01. The lowest BCUT2D eigenvalue weighted by Crippen LogP contribution is -2.41. The van der Waals surface area contributed by atoms with Gasteiger partial charge in [-0.05, 0) is 31.0 Å². The average molecular weight is 264 g/mol. The zero-order chi connectivity index (χ0) is 13.9. The van der Waals surface area contributed by atoms with E-state index in [0.29, 0.717) is 19.5 Å². The van der Waals surface area contributed by atoms with Crippen LogP contribution in [0.25, 0.3) is 0 Å². The van der Waals surface area contributed by atoms with Crippen LogP contribution in [0.2, 0.25) is 0 Å². The summed E-state index contributed by atoms with van der Waals surface area (Å²) in [7, 11) is 0. The highest BCUT2D eigenvalue weighted by Gasteiger charge is 2.40. The summed E-state index contributed by atoms with van der Waals surface area (Å²) in [6, 6.07) is 6.20. The third-order valence-corrected chi connectivity index (χ3v) is 3.39. The summed E-state index contributed by atoms with van der Waals surface area (Å²) in [5.41, 5.74) is 0.312. The molecule has 4 nitrogen and oxygen atoms in total. The van der Waals surface area contributed by atoms with Crippen molar-refractivity contribution in [3.8, 4) is 0 Å². The van der Waals surface area contributed by atoms with E-state index in [1.54, 1.807) is 19.1 Å². The molecule has 0 spiro atoms. The van der Waals surface area contributed by atoms with Gasteiger partial charge in [-0.2, -0.15) is 0 Å². The summed E-state index contributed by atoms with van der Waals surface area (Å²) < 4.78 is 12.7. The normalized spacial score (nSPS) is 22.1. The molecule has 2 N–H and O–H groups in total. The summed E-state index contributed by atoms with van der Waals surface area (Å²) in [4.78, 5) is 23.2. The molecule has 19 heavy (non-hydrogen) atoms. The lowest BCUT2D eigenvalue weighted by atomic mass is 9.88. The van der Waals surface area contributed by atoms with Crippen LogP contribution in [0.15, 0.2) is 24.3 Å². The Morgan fingerprint density at radius 3 is 2.68 bits per heavy atom. The zero-order valence-corrected chi connectivity index (χ0v) is 10.8. The first-order chi connectivity index (χ1) is 8.99. The van der Waals surface area contributed by atoms with Crippen molar-refractivity contribution in [3.63, 3.8) is 0 Å². The molecule has 0 bridgehead atoms. The van der Waals surface area contributed by atoms with Gasteiger partial charge >= 0.3 is 0 Å². The number of benzene rings is 1. The van der Waals surface area contributed by atoms with Gasteiger partial charge in [0.1, 0.15) is 5.82 Å². The molecule has 0 radical (unpaired) electrons. The lowest BCUT2D eigenvalue weighted by molar-refractivity contribution is -0.131. The number of rotatable bonds is 4.